The maximum absolute atomic E-state index is 10.4. The molecule has 5 nitrogen and oxygen atoms in total. The van der Waals surface area contributed by atoms with Crippen molar-refractivity contribution in [3.05, 3.63) is 16.9 Å². The Bertz CT molecular complexity index is 328. The van der Waals surface area contributed by atoms with Crippen LogP contribution in [0.2, 0.25) is 5.02 Å². The molecule has 0 spiro atoms. The molecular formula is C10H17ClN2O3. The Balaban J connectivity index is 2.93. The molecule has 0 aliphatic heterocycles. The lowest BCUT2D eigenvalue weighted by Gasteiger charge is -2.27. The molecule has 1 unspecified atom stereocenters. The molecule has 0 radical (unpaired) electrons. The number of aryl methyl sites for hydroxylation is 1. The van der Waals surface area contributed by atoms with Gasteiger partial charge in [-0.3, -0.25) is 4.68 Å². The van der Waals surface area contributed by atoms with Crippen LogP contribution in [0.4, 0.5) is 0 Å². The summed E-state index contributed by atoms with van der Waals surface area (Å²) >= 11 is 5.97. The minimum atomic E-state index is -1.15. The quantitative estimate of drug-likeness (QED) is 0.798. The molecule has 1 rings (SSSR count). The number of aromatic nitrogens is 2. The zero-order chi connectivity index (χ0) is 12.3. The van der Waals surface area contributed by atoms with Gasteiger partial charge in [0.2, 0.25) is 0 Å². The molecule has 0 saturated heterocycles. The van der Waals surface area contributed by atoms with Gasteiger partial charge in [0.25, 0.3) is 0 Å². The second kappa shape index (κ2) is 5.14. The Morgan fingerprint density at radius 2 is 2.12 bits per heavy atom. The van der Waals surface area contributed by atoms with Gasteiger partial charge in [-0.25, -0.2) is 0 Å². The topological polar surface area (TPSA) is 56.5 Å². The van der Waals surface area contributed by atoms with Gasteiger partial charge < -0.3 is 14.6 Å². The van der Waals surface area contributed by atoms with E-state index in [9.17, 15) is 5.11 Å². The first-order valence-electron chi connectivity index (χ1n) is 4.88. The van der Waals surface area contributed by atoms with E-state index in [0.29, 0.717) is 10.7 Å². The van der Waals surface area contributed by atoms with Gasteiger partial charge in [0, 0.05) is 27.7 Å². The monoisotopic (exact) mass is 248 g/mol. The molecular weight excluding hydrogens is 232 g/mol. The molecule has 6 heteroatoms. The Kier molecular flexibility index (Phi) is 4.32. The minimum Gasteiger partial charge on any atom is -0.384 e. The van der Waals surface area contributed by atoms with E-state index in [2.05, 4.69) is 5.10 Å². The van der Waals surface area contributed by atoms with Crippen LogP contribution < -0.4 is 0 Å². The van der Waals surface area contributed by atoms with Gasteiger partial charge in [-0.15, -0.1) is 0 Å². The van der Waals surface area contributed by atoms with Crippen LogP contribution in [0.1, 0.15) is 19.0 Å². The predicted octanol–water partition coefficient (Wildman–Crippen LogP) is 1.29. The molecule has 1 heterocycles. The molecule has 0 fully saturated rings. The molecule has 0 amide bonds. The molecule has 0 aromatic carbocycles. The Morgan fingerprint density at radius 1 is 1.56 bits per heavy atom. The number of hydrogen-bond acceptors (Lipinski definition) is 4. The Morgan fingerprint density at radius 3 is 2.50 bits per heavy atom. The first kappa shape index (κ1) is 13.4. The lowest BCUT2D eigenvalue weighted by atomic mass is 9.97. The van der Waals surface area contributed by atoms with Gasteiger partial charge in [0.1, 0.15) is 5.60 Å². The summed E-state index contributed by atoms with van der Waals surface area (Å²) in [7, 11) is 4.77. The summed E-state index contributed by atoms with van der Waals surface area (Å²) in [6.07, 6.45) is 1.29. The smallest absolute Gasteiger partial charge is 0.159 e. The highest BCUT2D eigenvalue weighted by atomic mass is 35.5. The number of halogens is 1. The molecule has 0 bridgehead atoms. The highest BCUT2D eigenvalue weighted by molar-refractivity contribution is 6.31. The van der Waals surface area contributed by atoms with Crippen molar-refractivity contribution in [2.45, 2.75) is 25.2 Å². The molecule has 1 aromatic heterocycles. The molecule has 0 aliphatic rings. The van der Waals surface area contributed by atoms with Crippen molar-refractivity contribution in [1.29, 1.82) is 0 Å². The second-order valence-corrected chi connectivity index (χ2v) is 4.25. The van der Waals surface area contributed by atoms with E-state index in [1.807, 2.05) is 0 Å². The lowest BCUT2D eigenvalue weighted by molar-refractivity contribution is -0.143. The standard InChI is InChI=1S/C10H17ClN2O3/c1-10(14,5-8(15-3)16-4)9-7(11)6-12-13(9)2/h6,8,14H,5H2,1-4H3. The largest absolute Gasteiger partial charge is 0.384 e. The van der Waals surface area contributed by atoms with Crippen LogP contribution in [-0.4, -0.2) is 35.4 Å². The summed E-state index contributed by atoms with van der Waals surface area (Å²) in [4.78, 5) is 0. The van der Waals surface area contributed by atoms with Crippen LogP contribution in [-0.2, 0) is 22.1 Å². The lowest BCUT2D eigenvalue weighted by Crippen LogP contribution is -2.31. The number of methoxy groups -OCH3 is 2. The number of ether oxygens (including phenoxy) is 2. The average Bonchev–Trinajstić information content (AvgIpc) is 2.55. The molecule has 92 valence electrons. The van der Waals surface area contributed by atoms with Crippen molar-refractivity contribution in [3.8, 4) is 0 Å². The molecule has 0 saturated carbocycles. The third-order valence-electron chi connectivity index (χ3n) is 2.49. The van der Waals surface area contributed by atoms with Gasteiger partial charge in [0.15, 0.2) is 6.29 Å². The Hall–Kier alpha value is -0.620. The normalized spacial score (nSPS) is 15.4. The summed E-state index contributed by atoms with van der Waals surface area (Å²) in [6.45, 7) is 1.65. The van der Waals surface area contributed by atoms with E-state index in [0.717, 1.165) is 0 Å². The fourth-order valence-corrected chi connectivity index (χ4v) is 2.07. The second-order valence-electron chi connectivity index (χ2n) is 3.84. The van der Waals surface area contributed by atoms with Crippen molar-refractivity contribution in [1.82, 2.24) is 9.78 Å². The van der Waals surface area contributed by atoms with Gasteiger partial charge in [0.05, 0.1) is 16.9 Å². The minimum absolute atomic E-state index is 0.277. The Labute approximate surface area is 99.9 Å². The fraction of sp³-hybridized carbons (Fsp3) is 0.700. The SMILES string of the molecule is COC(CC(C)(O)c1c(Cl)cnn1C)OC. The fourth-order valence-electron chi connectivity index (χ4n) is 1.70. The van der Waals surface area contributed by atoms with Crippen LogP contribution in [0.5, 0.6) is 0 Å². The number of aliphatic hydroxyl groups is 1. The third kappa shape index (κ3) is 2.74. The van der Waals surface area contributed by atoms with E-state index < -0.39 is 11.9 Å². The van der Waals surface area contributed by atoms with Gasteiger partial charge >= 0.3 is 0 Å². The van der Waals surface area contributed by atoms with Crippen molar-refractivity contribution >= 4 is 11.6 Å². The summed E-state index contributed by atoms with van der Waals surface area (Å²) in [5, 5.41) is 14.8. The maximum atomic E-state index is 10.4. The summed E-state index contributed by atoms with van der Waals surface area (Å²) in [5.74, 6) is 0. The van der Waals surface area contributed by atoms with Crippen molar-refractivity contribution in [2.24, 2.45) is 7.05 Å². The summed E-state index contributed by atoms with van der Waals surface area (Å²) in [6, 6.07) is 0. The molecule has 16 heavy (non-hydrogen) atoms. The van der Waals surface area contributed by atoms with Crippen LogP contribution >= 0.6 is 11.6 Å². The van der Waals surface area contributed by atoms with Crippen molar-refractivity contribution < 1.29 is 14.6 Å². The molecule has 1 N–H and O–H groups in total. The van der Waals surface area contributed by atoms with E-state index >= 15 is 0 Å². The van der Waals surface area contributed by atoms with Crippen LogP contribution in [0.25, 0.3) is 0 Å². The highest BCUT2D eigenvalue weighted by Crippen LogP contribution is 2.31. The predicted molar refractivity (Wildman–Crippen MR) is 60.2 cm³/mol. The maximum Gasteiger partial charge on any atom is 0.159 e. The van der Waals surface area contributed by atoms with E-state index in [4.69, 9.17) is 21.1 Å². The average molecular weight is 249 g/mol. The number of rotatable bonds is 5. The summed E-state index contributed by atoms with van der Waals surface area (Å²) < 4.78 is 11.7. The van der Waals surface area contributed by atoms with Crippen molar-refractivity contribution in [3.63, 3.8) is 0 Å². The highest BCUT2D eigenvalue weighted by Gasteiger charge is 2.32. The first-order chi connectivity index (χ1) is 7.42. The third-order valence-corrected chi connectivity index (χ3v) is 2.77. The molecule has 1 atom stereocenters. The van der Waals surface area contributed by atoms with Crippen LogP contribution in [0.15, 0.2) is 6.20 Å². The van der Waals surface area contributed by atoms with Crippen LogP contribution in [0.3, 0.4) is 0 Å². The number of hydrogen-bond donors (Lipinski definition) is 1. The number of nitrogens with zero attached hydrogens (tertiary/aromatic N) is 2. The van der Waals surface area contributed by atoms with E-state index in [-0.39, 0.29) is 6.42 Å². The van der Waals surface area contributed by atoms with Crippen molar-refractivity contribution in [2.75, 3.05) is 14.2 Å². The van der Waals surface area contributed by atoms with E-state index in [1.54, 1.807) is 18.7 Å². The summed E-state index contributed by atoms with van der Waals surface area (Å²) in [5.41, 5.74) is -0.604. The zero-order valence-corrected chi connectivity index (χ0v) is 10.7. The van der Waals surface area contributed by atoms with Gasteiger partial charge in [-0.1, -0.05) is 11.6 Å². The molecule has 1 aromatic rings. The zero-order valence-electron chi connectivity index (χ0n) is 9.90. The first-order valence-corrected chi connectivity index (χ1v) is 5.26. The van der Waals surface area contributed by atoms with Crippen LogP contribution in [0, 0.1) is 0 Å². The van der Waals surface area contributed by atoms with Gasteiger partial charge in [-0.05, 0) is 6.92 Å². The molecule has 0 aliphatic carbocycles. The van der Waals surface area contributed by atoms with Gasteiger partial charge in [-0.2, -0.15) is 5.10 Å². The van der Waals surface area contributed by atoms with E-state index in [1.165, 1.54) is 20.4 Å².